The van der Waals surface area contributed by atoms with Crippen molar-refractivity contribution in [2.24, 2.45) is 0 Å². The Kier molecular flexibility index (Phi) is 5.25. The third-order valence-electron chi connectivity index (χ3n) is 4.23. The molecular formula is C18H23N5O. The summed E-state index contributed by atoms with van der Waals surface area (Å²) >= 11 is 0. The minimum Gasteiger partial charge on any atom is -0.365 e. The molecule has 1 aliphatic rings. The van der Waals surface area contributed by atoms with Crippen molar-refractivity contribution in [3.05, 3.63) is 47.8 Å². The van der Waals surface area contributed by atoms with Crippen LogP contribution < -0.4 is 15.5 Å². The van der Waals surface area contributed by atoms with Gasteiger partial charge in [0.05, 0.1) is 5.56 Å². The number of pyridine rings is 2. The van der Waals surface area contributed by atoms with E-state index in [9.17, 15) is 4.79 Å². The van der Waals surface area contributed by atoms with Crippen molar-refractivity contribution in [2.75, 3.05) is 30.4 Å². The minimum absolute atomic E-state index is 0.144. The molecule has 6 heteroatoms. The molecule has 1 saturated heterocycles. The molecular weight excluding hydrogens is 302 g/mol. The zero-order valence-corrected chi connectivity index (χ0v) is 14.0. The van der Waals surface area contributed by atoms with E-state index in [2.05, 4.69) is 31.6 Å². The van der Waals surface area contributed by atoms with Gasteiger partial charge in [-0.25, -0.2) is 9.97 Å². The first-order chi connectivity index (χ1) is 11.8. The molecule has 0 atom stereocenters. The Balaban J connectivity index is 1.70. The molecule has 0 radical (unpaired) electrons. The van der Waals surface area contributed by atoms with Gasteiger partial charge in [-0.15, -0.1) is 0 Å². The molecule has 2 N–H and O–H groups in total. The lowest BCUT2D eigenvalue weighted by Gasteiger charge is -2.28. The molecule has 24 heavy (non-hydrogen) atoms. The molecule has 6 nitrogen and oxygen atoms in total. The highest BCUT2D eigenvalue weighted by Crippen LogP contribution is 2.19. The van der Waals surface area contributed by atoms with Gasteiger partial charge < -0.3 is 15.5 Å². The Morgan fingerprint density at radius 1 is 1.17 bits per heavy atom. The highest BCUT2D eigenvalue weighted by Gasteiger charge is 2.13. The van der Waals surface area contributed by atoms with Crippen LogP contribution in [0.15, 0.2) is 36.7 Å². The first-order valence-corrected chi connectivity index (χ1v) is 8.39. The molecule has 1 aliphatic heterocycles. The lowest BCUT2D eigenvalue weighted by molar-refractivity contribution is 0.0963. The maximum atomic E-state index is 11.9. The molecule has 2 aromatic rings. The molecule has 0 aromatic carbocycles. The van der Waals surface area contributed by atoms with Gasteiger partial charge in [-0.3, -0.25) is 4.79 Å². The normalized spacial score (nSPS) is 14.3. The summed E-state index contributed by atoms with van der Waals surface area (Å²) in [5.74, 6) is 1.48. The van der Waals surface area contributed by atoms with E-state index in [0.717, 1.165) is 24.5 Å². The van der Waals surface area contributed by atoms with Crippen molar-refractivity contribution in [3.8, 4) is 0 Å². The average molecular weight is 325 g/mol. The number of amides is 1. The number of anilines is 2. The van der Waals surface area contributed by atoms with Gasteiger partial charge in [0.1, 0.15) is 11.6 Å². The van der Waals surface area contributed by atoms with Crippen LogP contribution in [-0.4, -0.2) is 36.0 Å². The molecule has 2 aromatic heterocycles. The third kappa shape index (κ3) is 3.82. The van der Waals surface area contributed by atoms with Crippen LogP contribution in [0.2, 0.25) is 0 Å². The van der Waals surface area contributed by atoms with Crippen LogP contribution in [0.4, 0.5) is 11.6 Å². The van der Waals surface area contributed by atoms with Crippen molar-refractivity contribution < 1.29 is 4.79 Å². The zero-order chi connectivity index (χ0) is 16.8. The quantitative estimate of drug-likeness (QED) is 0.883. The summed E-state index contributed by atoms with van der Waals surface area (Å²) in [6, 6.07) is 7.63. The van der Waals surface area contributed by atoms with Gasteiger partial charge in [-0.05, 0) is 49.1 Å². The van der Waals surface area contributed by atoms with E-state index in [1.54, 1.807) is 25.4 Å². The number of carbonyl (C=O) groups excluding carboxylic acids is 1. The van der Waals surface area contributed by atoms with Crippen molar-refractivity contribution in [1.82, 2.24) is 15.3 Å². The minimum atomic E-state index is -0.144. The monoisotopic (exact) mass is 325 g/mol. The van der Waals surface area contributed by atoms with Crippen molar-refractivity contribution in [2.45, 2.75) is 25.8 Å². The molecule has 1 amide bonds. The van der Waals surface area contributed by atoms with Gasteiger partial charge >= 0.3 is 0 Å². The first-order valence-electron chi connectivity index (χ1n) is 8.39. The molecule has 0 bridgehead atoms. The Morgan fingerprint density at radius 2 is 2.00 bits per heavy atom. The Labute approximate surface area is 142 Å². The molecule has 0 saturated carbocycles. The summed E-state index contributed by atoms with van der Waals surface area (Å²) in [4.78, 5) is 23.0. The molecule has 126 valence electrons. The highest BCUT2D eigenvalue weighted by atomic mass is 16.1. The summed E-state index contributed by atoms with van der Waals surface area (Å²) in [5, 5.41) is 5.89. The van der Waals surface area contributed by atoms with Crippen LogP contribution in [0.25, 0.3) is 0 Å². The first kappa shape index (κ1) is 16.2. The second kappa shape index (κ2) is 7.77. The van der Waals surface area contributed by atoms with Crippen LogP contribution in [0.5, 0.6) is 0 Å². The number of carbonyl (C=O) groups is 1. The number of rotatable bonds is 5. The number of nitrogens with zero attached hydrogens (tertiary/aromatic N) is 3. The second-order valence-electron chi connectivity index (χ2n) is 5.90. The highest BCUT2D eigenvalue weighted by molar-refractivity contribution is 5.98. The van der Waals surface area contributed by atoms with E-state index in [-0.39, 0.29) is 5.91 Å². The molecule has 0 aliphatic carbocycles. The van der Waals surface area contributed by atoms with Gasteiger partial charge in [0, 0.05) is 39.1 Å². The smallest absolute Gasteiger partial charge is 0.254 e. The fourth-order valence-electron chi connectivity index (χ4n) is 2.92. The van der Waals surface area contributed by atoms with Crippen LogP contribution >= 0.6 is 0 Å². The van der Waals surface area contributed by atoms with Crippen LogP contribution in [0, 0.1) is 0 Å². The van der Waals surface area contributed by atoms with E-state index in [4.69, 9.17) is 0 Å². The van der Waals surface area contributed by atoms with Crippen LogP contribution in [0.3, 0.4) is 0 Å². The largest absolute Gasteiger partial charge is 0.365 e. The second-order valence-corrected chi connectivity index (χ2v) is 5.90. The lowest BCUT2D eigenvalue weighted by atomic mass is 10.1. The Hall–Kier alpha value is -2.63. The van der Waals surface area contributed by atoms with Gasteiger partial charge in [0.25, 0.3) is 5.91 Å². The average Bonchev–Trinajstić information content (AvgIpc) is 2.67. The van der Waals surface area contributed by atoms with Crippen molar-refractivity contribution >= 4 is 17.5 Å². The van der Waals surface area contributed by atoms with Crippen LogP contribution in [0.1, 0.15) is 35.2 Å². The predicted molar refractivity (Wildman–Crippen MR) is 95.3 cm³/mol. The Morgan fingerprint density at radius 3 is 2.79 bits per heavy atom. The van der Waals surface area contributed by atoms with Gasteiger partial charge in [0.15, 0.2) is 0 Å². The molecule has 0 spiro atoms. The molecule has 3 rings (SSSR count). The summed E-state index contributed by atoms with van der Waals surface area (Å²) in [7, 11) is 1.62. The van der Waals surface area contributed by atoms with Gasteiger partial charge in [0.2, 0.25) is 0 Å². The van der Waals surface area contributed by atoms with Crippen LogP contribution in [-0.2, 0) is 6.54 Å². The maximum Gasteiger partial charge on any atom is 0.254 e. The summed E-state index contributed by atoms with van der Waals surface area (Å²) in [6.45, 7) is 2.75. The number of hydrogen-bond donors (Lipinski definition) is 2. The number of piperidine rings is 1. The van der Waals surface area contributed by atoms with E-state index >= 15 is 0 Å². The van der Waals surface area contributed by atoms with E-state index in [1.165, 1.54) is 19.3 Å². The van der Waals surface area contributed by atoms with Gasteiger partial charge in [-0.2, -0.15) is 0 Å². The van der Waals surface area contributed by atoms with E-state index in [1.807, 2.05) is 12.3 Å². The standard InChI is InChI=1S/C18H23N5O/c1-19-18(24)15-6-5-8-21-17(15)22-13-14-7-9-20-16(12-14)23-10-3-2-4-11-23/h5-9,12H,2-4,10-11,13H2,1H3,(H,19,24)(H,21,22). The molecule has 3 heterocycles. The molecule has 1 fully saturated rings. The summed E-state index contributed by atoms with van der Waals surface area (Å²) in [6.07, 6.45) is 7.29. The summed E-state index contributed by atoms with van der Waals surface area (Å²) < 4.78 is 0. The maximum absolute atomic E-state index is 11.9. The van der Waals surface area contributed by atoms with E-state index < -0.39 is 0 Å². The zero-order valence-electron chi connectivity index (χ0n) is 14.0. The lowest BCUT2D eigenvalue weighted by Crippen LogP contribution is -2.30. The Bertz CT molecular complexity index is 697. The molecule has 0 unspecified atom stereocenters. The fourth-order valence-corrected chi connectivity index (χ4v) is 2.92. The third-order valence-corrected chi connectivity index (χ3v) is 4.23. The van der Waals surface area contributed by atoms with Crippen molar-refractivity contribution in [1.29, 1.82) is 0 Å². The number of aromatic nitrogens is 2. The van der Waals surface area contributed by atoms with Crippen molar-refractivity contribution in [3.63, 3.8) is 0 Å². The fraction of sp³-hybridized carbons (Fsp3) is 0.389. The SMILES string of the molecule is CNC(=O)c1cccnc1NCc1ccnc(N2CCCCC2)c1. The predicted octanol–water partition coefficient (Wildman–Crippen LogP) is 2.44. The van der Waals surface area contributed by atoms with E-state index in [0.29, 0.717) is 17.9 Å². The van der Waals surface area contributed by atoms with Gasteiger partial charge in [-0.1, -0.05) is 0 Å². The topological polar surface area (TPSA) is 70.1 Å². The number of nitrogens with one attached hydrogen (secondary N) is 2. The summed E-state index contributed by atoms with van der Waals surface area (Å²) in [5.41, 5.74) is 1.67. The number of hydrogen-bond acceptors (Lipinski definition) is 5.